The van der Waals surface area contributed by atoms with Gasteiger partial charge in [0.05, 0.1) is 6.42 Å². The second kappa shape index (κ2) is 6.36. The van der Waals surface area contributed by atoms with Crippen LogP contribution in [0.3, 0.4) is 0 Å². The van der Waals surface area contributed by atoms with Crippen molar-refractivity contribution in [2.45, 2.75) is 32.4 Å². The molecule has 1 unspecified atom stereocenters. The minimum atomic E-state index is -0.826. The van der Waals surface area contributed by atoms with Gasteiger partial charge in [-0.15, -0.1) is 11.3 Å². The summed E-state index contributed by atoms with van der Waals surface area (Å²) in [4.78, 5) is 23.1. The van der Waals surface area contributed by atoms with Crippen LogP contribution in [0.25, 0.3) is 0 Å². The smallest absolute Gasteiger partial charge is 0.308 e. The predicted molar refractivity (Wildman–Crippen MR) is 65.8 cm³/mol. The lowest BCUT2D eigenvalue weighted by molar-refractivity contribution is -0.136. The summed E-state index contributed by atoms with van der Waals surface area (Å²) < 4.78 is 0. The van der Waals surface area contributed by atoms with Crippen LogP contribution >= 0.6 is 11.3 Å². The van der Waals surface area contributed by atoms with E-state index in [0.717, 1.165) is 9.75 Å². The number of primary amides is 1. The van der Waals surface area contributed by atoms with Crippen molar-refractivity contribution in [1.29, 1.82) is 0 Å². The van der Waals surface area contributed by atoms with Crippen LogP contribution in [-0.4, -0.2) is 23.0 Å². The average molecular weight is 256 g/mol. The standard InChI is InChI=1S/C11H16N2O3S/c1-7(4-10(12)14)13-6-9-3-2-8(17-9)5-11(15)16/h2-3,7,13H,4-6H2,1H3,(H2,12,14)(H,15,16). The fraction of sp³-hybridized carbons (Fsp3) is 0.455. The van der Waals surface area contributed by atoms with Gasteiger partial charge < -0.3 is 16.2 Å². The summed E-state index contributed by atoms with van der Waals surface area (Å²) in [5.74, 6) is -1.16. The van der Waals surface area contributed by atoms with Gasteiger partial charge in [0.2, 0.25) is 5.91 Å². The number of carboxylic acids is 1. The highest BCUT2D eigenvalue weighted by atomic mass is 32.1. The summed E-state index contributed by atoms with van der Waals surface area (Å²) in [6, 6.07) is 3.74. The van der Waals surface area contributed by atoms with Crippen LogP contribution in [0.1, 0.15) is 23.1 Å². The van der Waals surface area contributed by atoms with Gasteiger partial charge in [0.15, 0.2) is 0 Å². The number of carboxylic acid groups (broad SMARTS) is 1. The van der Waals surface area contributed by atoms with Gasteiger partial charge in [-0.3, -0.25) is 9.59 Å². The van der Waals surface area contributed by atoms with Crippen LogP contribution in [0.2, 0.25) is 0 Å². The highest BCUT2D eigenvalue weighted by Gasteiger charge is 2.07. The van der Waals surface area contributed by atoms with Crippen LogP contribution in [0.4, 0.5) is 0 Å². The number of carbonyl (C=O) groups is 2. The molecule has 0 fully saturated rings. The second-order valence-corrected chi connectivity index (χ2v) is 5.14. The first-order valence-corrected chi connectivity index (χ1v) is 6.10. The molecule has 1 atom stereocenters. The molecule has 0 radical (unpaired) electrons. The molecule has 1 aromatic heterocycles. The van der Waals surface area contributed by atoms with E-state index in [9.17, 15) is 9.59 Å². The molecule has 94 valence electrons. The quantitative estimate of drug-likeness (QED) is 0.670. The summed E-state index contributed by atoms with van der Waals surface area (Å²) in [6.07, 6.45) is 0.356. The number of rotatable bonds is 7. The Balaban J connectivity index is 2.39. The number of hydrogen-bond donors (Lipinski definition) is 3. The van der Waals surface area contributed by atoms with Gasteiger partial charge in [-0.2, -0.15) is 0 Å². The number of nitrogens with one attached hydrogen (secondary N) is 1. The summed E-state index contributed by atoms with van der Waals surface area (Å²) in [5.41, 5.74) is 5.08. The van der Waals surface area contributed by atoms with Crippen molar-refractivity contribution in [2.24, 2.45) is 5.73 Å². The molecule has 0 spiro atoms. The Labute approximate surface area is 104 Å². The predicted octanol–water partition coefficient (Wildman–Crippen LogP) is 0.729. The summed E-state index contributed by atoms with van der Waals surface area (Å²) in [6.45, 7) is 2.51. The largest absolute Gasteiger partial charge is 0.481 e. The van der Waals surface area contributed by atoms with Crippen LogP contribution in [0, 0.1) is 0 Å². The van der Waals surface area contributed by atoms with Crippen molar-refractivity contribution < 1.29 is 14.7 Å². The van der Waals surface area contributed by atoms with E-state index in [1.807, 2.05) is 19.1 Å². The zero-order chi connectivity index (χ0) is 12.8. The molecule has 0 aromatic carbocycles. The third-order valence-corrected chi connectivity index (χ3v) is 3.26. The van der Waals surface area contributed by atoms with E-state index < -0.39 is 5.97 Å². The molecule has 1 heterocycles. The number of hydrogen-bond acceptors (Lipinski definition) is 4. The molecule has 0 aliphatic rings. The fourth-order valence-corrected chi connectivity index (χ4v) is 2.37. The number of aliphatic carboxylic acids is 1. The number of thiophene rings is 1. The zero-order valence-electron chi connectivity index (χ0n) is 9.60. The molecule has 0 aliphatic carbocycles. The van der Waals surface area contributed by atoms with E-state index in [1.54, 1.807) is 0 Å². The van der Waals surface area contributed by atoms with Crippen molar-refractivity contribution in [3.8, 4) is 0 Å². The molecule has 4 N–H and O–H groups in total. The summed E-state index contributed by atoms with van der Waals surface area (Å²) in [5, 5.41) is 11.8. The van der Waals surface area contributed by atoms with Crippen LogP contribution < -0.4 is 11.1 Å². The maximum absolute atomic E-state index is 10.7. The lowest BCUT2D eigenvalue weighted by Crippen LogP contribution is -2.30. The van der Waals surface area contributed by atoms with Gasteiger partial charge in [-0.05, 0) is 19.1 Å². The Kier molecular flexibility index (Phi) is 5.11. The van der Waals surface area contributed by atoms with Crippen LogP contribution in [0.5, 0.6) is 0 Å². The Morgan fingerprint density at radius 2 is 2.12 bits per heavy atom. The molecule has 5 nitrogen and oxygen atoms in total. The van der Waals surface area contributed by atoms with Gasteiger partial charge in [0, 0.05) is 28.8 Å². The van der Waals surface area contributed by atoms with E-state index in [0.29, 0.717) is 13.0 Å². The maximum Gasteiger partial charge on any atom is 0.308 e. The van der Waals surface area contributed by atoms with Crippen molar-refractivity contribution in [3.63, 3.8) is 0 Å². The van der Waals surface area contributed by atoms with Crippen molar-refractivity contribution in [3.05, 3.63) is 21.9 Å². The summed E-state index contributed by atoms with van der Waals surface area (Å²) >= 11 is 1.46. The molecule has 1 aromatic rings. The minimum Gasteiger partial charge on any atom is -0.481 e. The van der Waals surface area contributed by atoms with Crippen LogP contribution in [-0.2, 0) is 22.6 Å². The Morgan fingerprint density at radius 3 is 2.71 bits per heavy atom. The molecule has 0 saturated carbocycles. The first kappa shape index (κ1) is 13.7. The molecule has 0 bridgehead atoms. The minimum absolute atomic E-state index is 0.0255. The van der Waals surface area contributed by atoms with Crippen molar-refractivity contribution in [2.75, 3.05) is 0 Å². The normalized spacial score (nSPS) is 12.3. The Morgan fingerprint density at radius 1 is 1.47 bits per heavy atom. The number of amides is 1. The Bertz CT molecular complexity index is 403. The monoisotopic (exact) mass is 256 g/mol. The maximum atomic E-state index is 10.7. The van der Waals surface area contributed by atoms with Gasteiger partial charge >= 0.3 is 5.97 Å². The van der Waals surface area contributed by atoms with E-state index >= 15 is 0 Å². The molecule has 6 heteroatoms. The lowest BCUT2D eigenvalue weighted by Gasteiger charge is -2.10. The topological polar surface area (TPSA) is 92.4 Å². The van der Waals surface area contributed by atoms with E-state index in [2.05, 4.69) is 5.32 Å². The first-order valence-electron chi connectivity index (χ1n) is 5.28. The van der Waals surface area contributed by atoms with Crippen molar-refractivity contribution >= 4 is 23.2 Å². The molecular formula is C11H16N2O3S. The summed E-state index contributed by atoms with van der Waals surface area (Å²) in [7, 11) is 0. The first-order chi connectivity index (χ1) is 7.97. The average Bonchev–Trinajstić information content (AvgIpc) is 2.60. The van der Waals surface area contributed by atoms with E-state index in [1.165, 1.54) is 11.3 Å². The molecule has 0 aliphatic heterocycles. The SMILES string of the molecule is CC(CC(N)=O)NCc1ccc(CC(=O)O)s1. The molecule has 0 saturated heterocycles. The third kappa shape index (κ3) is 5.46. The number of nitrogens with two attached hydrogens (primary N) is 1. The third-order valence-electron chi connectivity index (χ3n) is 2.17. The Hall–Kier alpha value is -1.40. The second-order valence-electron chi connectivity index (χ2n) is 3.89. The molecule has 1 rings (SSSR count). The zero-order valence-corrected chi connectivity index (χ0v) is 10.4. The highest BCUT2D eigenvalue weighted by molar-refractivity contribution is 7.12. The number of carbonyl (C=O) groups excluding carboxylic acids is 1. The van der Waals surface area contributed by atoms with E-state index in [-0.39, 0.29) is 18.4 Å². The van der Waals surface area contributed by atoms with Gasteiger partial charge in [0.1, 0.15) is 0 Å². The molecule has 1 amide bonds. The van der Waals surface area contributed by atoms with E-state index in [4.69, 9.17) is 10.8 Å². The molecular weight excluding hydrogens is 240 g/mol. The van der Waals surface area contributed by atoms with Crippen LogP contribution in [0.15, 0.2) is 12.1 Å². The van der Waals surface area contributed by atoms with Gasteiger partial charge in [-0.25, -0.2) is 0 Å². The lowest BCUT2D eigenvalue weighted by atomic mass is 10.2. The van der Waals surface area contributed by atoms with Gasteiger partial charge in [-0.1, -0.05) is 0 Å². The molecule has 17 heavy (non-hydrogen) atoms. The highest BCUT2D eigenvalue weighted by Crippen LogP contribution is 2.17. The fourth-order valence-electron chi connectivity index (χ4n) is 1.41. The van der Waals surface area contributed by atoms with Gasteiger partial charge in [0.25, 0.3) is 0 Å². The van der Waals surface area contributed by atoms with Crippen molar-refractivity contribution in [1.82, 2.24) is 5.32 Å².